The zero-order valence-corrected chi connectivity index (χ0v) is 11.6. The molecule has 0 aliphatic rings. The van der Waals surface area contributed by atoms with Crippen LogP contribution >= 0.6 is 0 Å². The molecule has 0 fully saturated rings. The number of anilines is 3. The third-order valence-corrected chi connectivity index (χ3v) is 3.07. The molecule has 1 aromatic carbocycles. The fourth-order valence-electron chi connectivity index (χ4n) is 1.87. The van der Waals surface area contributed by atoms with Gasteiger partial charge in [0.15, 0.2) is 5.82 Å². The van der Waals surface area contributed by atoms with E-state index in [0.717, 1.165) is 24.6 Å². The van der Waals surface area contributed by atoms with Crippen molar-refractivity contribution < 1.29 is 0 Å². The highest BCUT2D eigenvalue weighted by atomic mass is 15.3. The maximum Gasteiger partial charge on any atom is 0.247 e. The van der Waals surface area contributed by atoms with Crippen LogP contribution in [0.1, 0.15) is 13.8 Å². The minimum atomic E-state index is 0.672. The van der Waals surface area contributed by atoms with E-state index >= 15 is 0 Å². The Morgan fingerprint density at radius 1 is 1.05 bits per heavy atom. The molecule has 0 saturated carbocycles. The molecule has 0 amide bonds. The molecule has 0 bridgehead atoms. The van der Waals surface area contributed by atoms with E-state index in [1.807, 2.05) is 42.3 Å². The predicted molar refractivity (Wildman–Crippen MR) is 77.9 cm³/mol. The van der Waals surface area contributed by atoms with Gasteiger partial charge in [-0.05, 0) is 26.0 Å². The Morgan fingerprint density at radius 2 is 1.74 bits per heavy atom. The third-order valence-electron chi connectivity index (χ3n) is 3.07. The van der Waals surface area contributed by atoms with Crippen molar-refractivity contribution in [1.82, 2.24) is 15.2 Å². The van der Waals surface area contributed by atoms with E-state index < -0.39 is 0 Å². The summed E-state index contributed by atoms with van der Waals surface area (Å²) in [5.41, 5.74) is 1.08. The molecular weight excluding hydrogens is 238 g/mol. The zero-order valence-electron chi connectivity index (χ0n) is 11.6. The van der Waals surface area contributed by atoms with Crippen LogP contribution < -0.4 is 9.80 Å². The Morgan fingerprint density at radius 3 is 2.37 bits per heavy atom. The number of rotatable bonds is 5. The molecule has 1 heterocycles. The second-order valence-corrected chi connectivity index (χ2v) is 4.18. The van der Waals surface area contributed by atoms with Crippen LogP contribution in [-0.2, 0) is 0 Å². The Bertz CT molecular complexity index is 510. The molecule has 0 atom stereocenters. The molecule has 100 valence electrons. The quantitative estimate of drug-likeness (QED) is 0.823. The highest BCUT2D eigenvalue weighted by molar-refractivity contribution is 5.58. The second kappa shape index (κ2) is 6.13. The Labute approximate surface area is 113 Å². The summed E-state index contributed by atoms with van der Waals surface area (Å²) in [6.07, 6.45) is 1.68. The van der Waals surface area contributed by atoms with E-state index in [-0.39, 0.29) is 0 Å². The van der Waals surface area contributed by atoms with Crippen molar-refractivity contribution in [3.05, 3.63) is 36.5 Å². The van der Waals surface area contributed by atoms with Gasteiger partial charge >= 0.3 is 0 Å². The maximum absolute atomic E-state index is 4.57. The van der Waals surface area contributed by atoms with E-state index in [1.54, 1.807) is 6.20 Å². The molecule has 0 unspecified atom stereocenters. The minimum absolute atomic E-state index is 0.672. The van der Waals surface area contributed by atoms with Crippen LogP contribution in [0.5, 0.6) is 0 Å². The van der Waals surface area contributed by atoms with Gasteiger partial charge < -0.3 is 9.80 Å². The fourth-order valence-corrected chi connectivity index (χ4v) is 1.87. The molecule has 19 heavy (non-hydrogen) atoms. The molecule has 0 aliphatic carbocycles. The van der Waals surface area contributed by atoms with Crippen LogP contribution in [0, 0.1) is 0 Å². The average Bonchev–Trinajstić information content (AvgIpc) is 2.49. The number of benzene rings is 1. The van der Waals surface area contributed by atoms with Gasteiger partial charge in [-0.1, -0.05) is 18.2 Å². The first-order chi connectivity index (χ1) is 9.26. The first kappa shape index (κ1) is 13.3. The first-order valence-corrected chi connectivity index (χ1v) is 6.49. The molecule has 0 spiro atoms. The molecule has 5 heteroatoms. The van der Waals surface area contributed by atoms with Gasteiger partial charge in [0.05, 0.1) is 6.20 Å². The van der Waals surface area contributed by atoms with Crippen LogP contribution in [0.15, 0.2) is 36.5 Å². The lowest BCUT2D eigenvalue weighted by molar-refractivity contribution is 0.792. The van der Waals surface area contributed by atoms with Gasteiger partial charge in [0.2, 0.25) is 5.95 Å². The topological polar surface area (TPSA) is 45.2 Å². The zero-order chi connectivity index (χ0) is 13.7. The van der Waals surface area contributed by atoms with Gasteiger partial charge in [-0.25, -0.2) is 0 Å². The summed E-state index contributed by atoms with van der Waals surface area (Å²) >= 11 is 0. The van der Waals surface area contributed by atoms with Gasteiger partial charge in [-0.3, -0.25) is 0 Å². The number of hydrogen-bond acceptors (Lipinski definition) is 5. The first-order valence-electron chi connectivity index (χ1n) is 6.49. The van der Waals surface area contributed by atoms with E-state index in [4.69, 9.17) is 0 Å². The van der Waals surface area contributed by atoms with Gasteiger partial charge in [0.25, 0.3) is 0 Å². The summed E-state index contributed by atoms with van der Waals surface area (Å²) in [5, 5.41) is 8.15. The molecule has 2 rings (SSSR count). The van der Waals surface area contributed by atoms with Gasteiger partial charge in [-0.2, -0.15) is 10.1 Å². The Hall–Kier alpha value is -2.17. The van der Waals surface area contributed by atoms with Crippen molar-refractivity contribution in [1.29, 1.82) is 0 Å². The SMILES string of the molecule is CCN(CC)c1nncc(N(C)c2ccccc2)n1. The highest BCUT2D eigenvalue weighted by Gasteiger charge is 2.10. The van der Waals surface area contributed by atoms with E-state index in [0.29, 0.717) is 5.95 Å². The summed E-state index contributed by atoms with van der Waals surface area (Å²) in [6, 6.07) is 10.1. The van der Waals surface area contributed by atoms with Crippen LogP contribution in [0.3, 0.4) is 0 Å². The van der Waals surface area contributed by atoms with Crippen molar-refractivity contribution in [2.75, 3.05) is 29.9 Å². The van der Waals surface area contributed by atoms with Crippen molar-refractivity contribution in [3.8, 4) is 0 Å². The van der Waals surface area contributed by atoms with E-state index in [1.165, 1.54) is 0 Å². The highest BCUT2D eigenvalue weighted by Crippen LogP contribution is 2.21. The van der Waals surface area contributed by atoms with E-state index in [9.17, 15) is 0 Å². The Balaban J connectivity index is 2.28. The smallest absolute Gasteiger partial charge is 0.247 e. The van der Waals surface area contributed by atoms with Gasteiger partial charge in [-0.15, -0.1) is 5.10 Å². The molecule has 0 N–H and O–H groups in total. The lowest BCUT2D eigenvalue weighted by Crippen LogP contribution is -2.25. The normalized spacial score (nSPS) is 10.3. The average molecular weight is 257 g/mol. The van der Waals surface area contributed by atoms with Crippen molar-refractivity contribution >= 4 is 17.5 Å². The van der Waals surface area contributed by atoms with E-state index in [2.05, 4.69) is 33.9 Å². The Kier molecular flexibility index (Phi) is 4.28. The molecule has 1 aromatic heterocycles. The predicted octanol–water partition coefficient (Wildman–Crippen LogP) is 2.49. The monoisotopic (exact) mass is 257 g/mol. The summed E-state index contributed by atoms with van der Waals surface area (Å²) < 4.78 is 0. The molecule has 2 aromatic rings. The largest absolute Gasteiger partial charge is 0.340 e. The summed E-state index contributed by atoms with van der Waals surface area (Å²) in [6.45, 7) is 5.91. The van der Waals surface area contributed by atoms with Crippen LogP contribution in [0.25, 0.3) is 0 Å². The number of nitrogens with zero attached hydrogens (tertiary/aromatic N) is 5. The second-order valence-electron chi connectivity index (χ2n) is 4.18. The summed E-state index contributed by atoms with van der Waals surface area (Å²) in [4.78, 5) is 8.65. The molecule has 0 aliphatic heterocycles. The number of aromatic nitrogens is 3. The van der Waals surface area contributed by atoms with Crippen molar-refractivity contribution in [2.45, 2.75) is 13.8 Å². The molecule has 5 nitrogen and oxygen atoms in total. The lowest BCUT2D eigenvalue weighted by atomic mass is 10.3. The van der Waals surface area contributed by atoms with Crippen molar-refractivity contribution in [3.63, 3.8) is 0 Å². The van der Waals surface area contributed by atoms with Crippen LogP contribution in [0.4, 0.5) is 17.5 Å². The van der Waals surface area contributed by atoms with Crippen molar-refractivity contribution in [2.24, 2.45) is 0 Å². The maximum atomic E-state index is 4.57. The third kappa shape index (κ3) is 2.99. The fraction of sp³-hybridized carbons (Fsp3) is 0.357. The molecule has 0 radical (unpaired) electrons. The standard InChI is InChI=1S/C14H19N5/c1-4-19(5-2)14-16-13(11-15-17-14)18(3)12-9-7-6-8-10-12/h6-11H,4-5H2,1-3H3. The van der Waals surface area contributed by atoms with Gasteiger partial charge in [0, 0.05) is 25.8 Å². The van der Waals surface area contributed by atoms with Gasteiger partial charge in [0.1, 0.15) is 0 Å². The number of para-hydroxylation sites is 1. The van der Waals surface area contributed by atoms with Crippen LogP contribution in [0.2, 0.25) is 0 Å². The number of hydrogen-bond donors (Lipinski definition) is 0. The molecular formula is C14H19N5. The molecule has 0 saturated heterocycles. The lowest BCUT2D eigenvalue weighted by Gasteiger charge is -2.21. The summed E-state index contributed by atoms with van der Waals surface area (Å²) in [7, 11) is 1.98. The van der Waals surface area contributed by atoms with Crippen LogP contribution in [-0.4, -0.2) is 35.3 Å². The minimum Gasteiger partial charge on any atom is -0.340 e. The summed E-state index contributed by atoms with van der Waals surface area (Å²) in [5.74, 6) is 1.47.